The largest absolute Gasteiger partial charge is 0.491 e. The Kier molecular flexibility index (Phi) is 4.87. The van der Waals surface area contributed by atoms with Crippen LogP contribution in [0, 0.1) is 0 Å². The Hall–Kier alpha value is -1.65. The van der Waals surface area contributed by atoms with Crippen molar-refractivity contribution in [3.63, 3.8) is 0 Å². The molecule has 0 saturated heterocycles. The number of carbonyl (C=O) groups excluding carboxylic acids is 1. The van der Waals surface area contributed by atoms with Gasteiger partial charge in [-0.2, -0.15) is 0 Å². The summed E-state index contributed by atoms with van der Waals surface area (Å²) in [5, 5.41) is 18.1. The summed E-state index contributed by atoms with van der Waals surface area (Å²) in [5.41, 5.74) is 0.812. The van der Waals surface area contributed by atoms with Gasteiger partial charge in [0.1, 0.15) is 18.5 Å². The molecule has 0 aliphatic carbocycles. The molecule has 0 fully saturated rings. The molecule has 4 heteroatoms. The second-order valence-corrected chi connectivity index (χ2v) is 3.71. The Morgan fingerprint density at radius 3 is 2.47 bits per heavy atom. The van der Waals surface area contributed by atoms with E-state index < -0.39 is 6.10 Å². The Balaban J connectivity index is 2.73. The summed E-state index contributed by atoms with van der Waals surface area (Å²) in [6, 6.07) is 6.38. The number of rotatable bonds is 6. The minimum Gasteiger partial charge on any atom is -0.491 e. The van der Waals surface area contributed by atoms with Gasteiger partial charge < -0.3 is 14.9 Å². The molecule has 0 amide bonds. The molecule has 0 heterocycles. The van der Waals surface area contributed by atoms with Crippen molar-refractivity contribution in [1.29, 1.82) is 0 Å². The number of hydrogen-bond acceptors (Lipinski definition) is 4. The molecule has 1 aromatic carbocycles. The van der Waals surface area contributed by atoms with Crippen LogP contribution in [0.4, 0.5) is 0 Å². The first-order valence-electron chi connectivity index (χ1n) is 5.27. The second-order valence-electron chi connectivity index (χ2n) is 3.71. The third kappa shape index (κ3) is 3.69. The topological polar surface area (TPSA) is 66.8 Å². The van der Waals surface area contributed by atoms with Gasteiger partial charge in [0.05, 0.1) is 6.61 Å². The van der Waals surface area contributed by atoms with Gasteiger partial charge in [0, 0.05) is 5.56 Å². The highest BCUT2D eigenvalue weighted by Gasteiger charge is 2.17. The zero-order valence-electron chi connectivity index (χ0n) is 9.72. The van der Waals surface area contributed by atoms with Gasteiger partial charge >= 0.3 is 0 Å². The van der Waals surface area contributed by atoms with Crippen LogP contribution < -0.4 is 4.74 Å². The maximum Gasteiger partial charge on any atom is 0.195 e. The van der Waals surface area contributed by atoms with E-state index in [2.05, 4.69) is 6.58 Å². The first-order chi connectivity index (χ1) is 8.06. The van der Waals surface area contributed by atoms with E-state index >= 15 is 0 Å². The van der Waals surface area contributed by atoms with Crippen LogP contribution in [0.5, 0.6) is 5.75 Å². The Bertz CT molecular complexity index is 394. The van der Waals surface area contributed by atoms with Crippen molar-refractivity contribution in [3.05, 3.63) is 42.0 Å². The average Bonchev–Trinajstić information content (AvgIpc) is 2.35. The van der Waals surface area contributed by atoms with Crippen molar-refractivity contribution in [1.82, 2.24) is 0 Å². The molecule has 0 radical (unpaired) electrons. The van der Waals surface area contributed by atoms with Crippen LogP contribution >= 0.6 is 0 Å². The van der Waals surface area contributed by atoms with E-state index in [0.29, 0.717) is 16.9 Å². The second kappa shape index (κ2) is 6.18. The molecule has 2 N–H and O–H groups in total. The van der Waals surface area contributed by atoms with E-state index in [4.69, 9.17) is 9.84 Å². The van der Waals surface area contributed by atoms with Gasteiger partial charge in [0.15, 0.2) is 5.78 Å². The number of Topliss-reactive ketones (excluding diaryl/α,β-unsaturated/α-hetero) is 1. The number of aliphatic hydroxyl groups is 2. The van der Waals surface area contributed by atoms with E-state index in [-0.39, 0.29) is 19.0 Å². The van der Waals surface area contributed by atoms with E-state index in [9.17, 15) is 9.90 Å². The zero-order chi connectivity index (χ0) is 12.8. The lowest BCUT2D eigenvalue weighted by molar-refractivity contribution is 0.0806. The summed E-state index contributed by atoms with van der Waals surface area (Å²) in [6.45, 7) is 5.28. The molecule has 17 heavy (non-hydrogen) atoms. The van der Waals surface area contributed by atoms with Gasteiger partial charge in [-0.05, 0) is 36.8 Å². The zero-order valence-corrected chi connectivity index (χ0v) is 9.72. The fraction of sp³-hybridized carbons (Fsp3) is 0.308. The summed E-state index contributed by atoms with van der Waals surface area (Å²) < 4.78 is 5.16. The molecule has 0 aromatic heterocycles. The van der Waals surface area contributed by atoms with Gasteiger partial charge in [-0.3, -0.25) is 4.79 Å². The van der Waals surface area contributed by atoms with Crippen LogP contribution in [-0.2, 0) is 0 Å². The van der Waals surface area contributed by atoms with Crippen molar-refractivity contribution in [2.75, 3.05) is 13.2 Å². The highest BCUT2D eigenvalue weighted by atomic mass is 16.5. The van der Waals surface area contributed by atoms with E-state index in [1.807, 2.05) is 0 Å². The van der Waals surface area contributed by atoms with Crippen LogP contribution in [0.25, 0.3) is 0 Å². The molecule has 1 atom stereocenters. The monoisotopic (exact) mass is 236 g/mol. The Labute approximate surface area is 100 Å². The predicted octanol–water partition coefficient (Wildman–Crippen LogP) is 1.18. The number of ketones is 1. The van der Waals surface area contributed by atoms with Crippen LogP contribution in [0.3, 0.4) is 0 Å². The van der Waals surface area contributed by atoms with Gasteiger partial charge in [-0.25, -0.2) is 0 Å². The SMILES string of the molecule is C=C(C)C(O)C(=O)c1ccc(OCCO)cc1. The molecular weight excluding hydrogens is 220 g/mol. The minimum absolute atomic E-state index is 0.0605. The van der Waals surface area contributed by atoms with E-state index in [1.54, 1.807) is 31.2 Å². The fourth-order valence-electron chi connectivity index (χ4n) is 1.26. The number of hydrogen-bond donors (Lipinski definition) is 2. The van der Waals surface area contributed by atoms with Crippen molar-refractivity contribution < 1.29 is 19.7 Å². The maximum absolute atomic E-state index is 11.7. The fourth-order valence-corrected chi connectivity index (χ4v) is 1.26. The van der Waals surface area contributed by atoms with Crippen molar-refractivity contribution in [2.24, 2.45) is 0 Å². The third-order valence-corrected chi connectivity index (χ3v) is 2.21. The summed E-state index contributed by atoms with van der Waals surface area (Å²) in [4.78, 5) is 11.7. The van der Waals surface area contributed by atoms with Crippen LogP contribution in [0.15, 0.2) is 36.4 Å². The molecule has 0 spiro atoms. The molecule has 0 aliphatic rings. The molecule has 0 bridgehead atoms. The molecule has 0 saturated carbocycles. The summed E-state index contributed by atoms with van der Waals surface area (Å²) in [5.74, 6) is 0.187. The number of carbonyl (C=O) groups is 1. The quantitative estimate of drug-likeness (QED) is 0.575. The molecule has 4 nitrogen and oxygen atoms in total. The lowest BCUT2D eigenvalue weighted by atomic mass is 10.0. The first-order valence-corrected chi connectivity index (χ1v) is 5.27. The molecule has 92 valence electrons. The molecule has 0 aliphatic heterocycles. The van der Waals surface area contributed by atoms with Gasteiger partial charge in [-0.1, -0.05) is 6.58 Å². The van der Waals surface area contributed by atoms with Crippen molar-refractivity contribution in [3.8, 4) is 5.75 Å². The summed E-state index contributed by atoms with van der Waals surface area (Å²) in [6.07, 6.45) is -1.17. The standard InChI is InChI=1S/C13H16O4/c1-9(2)12(15)13(16)10-3-5-11(6-4-10)17-8-7-14/h3-6,12,14-15H,1,7-8H2,2H3. The molecule has 1 unspecified atom stereocenters. The van der Waals surface area contributed by atoms with Crippen molar-refractivity contribution >= 4 is 5.78 Å². The lowest BCUT2D eigenvalue weighted by Crippen LogP contribution is -2.21. The Morgan fingerprint density at radius 1 is 1.41 bits per heavy atom. The summed E-state index contributed by atoms with van der Waals surface area (Å²) >= 11 is 0. The van der Waals surface area contributed by atoms with Crippen LogP contribution in [0.2, 0.25) is 0 Å². The van der Waals surface area contributed by atoms with Crippen LogP contribution in [-0.4, -0.2) is 35.3 Å². The predicted molar refractivity (Wildman–Crippen MR) is 64.2 cm³/mol. The summed E-state index contributed by atoms with van der Waals surface area (Å²) in [7, 11) is 0. The molecule has 1 rings (SSSR count). The highest BCUT2D eigenvalue weighted by Crippen LogP contribution is 2.15. The van der Waals surface area contributed by atoms with E-state index in [0.717, 1.165) is 0 Å². The van der Waals surface area contributed by atoms with Gasteiger partial charge in [0.25, 0.3) is 0 Å². The number of ether oxygens (including phenoxy) is 1. The van der Waals surface area contributed by atoms with E-state index in [1.165, 1.54) is 0 Å². The third-order valence-electron chi connectivity index (χ3n) is 2.21. The highest BCUT2D eigenvalue weighted by molar-refractivity contribution is 6.01. The van der Waals surface area contributed by atoms with Crippen LogP contribution in [0.1, 0.15) is 17.3 Å². The number of aliphatic hydroxyl groups excluding tert-OH is 2. The normalized spacial score (nSPS) is 11.9. The van der Waals surface area contributed by atoms with Crippen molar-refractivity contribution in [2.45, 2.75) is 13.0 Å². The van der Waals surface area contributed by atoms with Gasteiger partial charge in [0.2, 0.25) is 0 Å². The molecule has 1 aromatic rings. The Morgan fingerprint density at radius 2 is 2.00 bits per heavy atom. The average molecular weight is 236 g/mol. The van der Waals surface area contributed by atoms with Gasteiger partial charge in [-0.15, -0.1) is 0 Å². The molecular formula is C13H16O4. The lowest BCUT2D eigenvalue weighted by Gasteiger charge is -2.09. The first kappa shape index (κ1) is 13.4. The minimum atomic E-state index is -1.17. The maximum atomic E-state index is 11.7. The smallest absolute Gasteiger partial charge is 0.195 e. The number of benzene rings is 1.